The molecule has 1 aliphatic carbocycles. The van der Waals surface area contributed by atoms with Crippen LogP contribution >= 0.6 is 0 Å². The van der Waals surface area contributed by atoms with Crippen molar-refractivity contribution < 1.29 is 9.18 Å². The highest BCUT2D eigenvalue weighted by Gasteiger charge is 2.25. The predicted octanol–water partition coefficient (Wildman–Crippen LogP) is 3.71. The highest BCUT2D eigenvalue weighted by molar-refractivity contribution is 5.96. The Morgan fingerprint density at radius 3 is 2.68 bits per heavy atom. The molecule has 126 valence electrons. The molecule has 0 aliphatic heterocycles. The van der Waals surface area contributed by atoms with Crippen LogP contribution in [0.2, 0.25) is 0 Å². The zero-order valence-corrected chi connectivity index (χ0v) is 13.7. The minimum Gasteiger partial charge on any atom is -0.360 e. The SMILES string of the molecule is CC(=O)c1nn(-c2ccc(F)cc2)nc1N[C@@H]1CCc2ccccc21. The number of rotatable bonds is 4. The molecule has 4 rings (SSSR count). The van der Waals surface area contributed by atoms with Crippen molar-refractivity contribution >= 4 is 11.6 Å². The van der Waals surface area contributed by atoms with Gasteiger partial charge in [-0.1, -0.05) is 24.3 Å². The lowest BCUT2D eigenvalue weighted by Gasteiger charge is -2.13. The normalized spacial score (nSPS) is 15.8. The van der Waals surface area contributed by atoms with Gasteiger partial charge in [0.2, 0.25) is 0 Å². The summed E-state index contributed by atoms with van der Waals surface area (Å²) in [6, 6.07) is 14.2. The molecule has 1 aromatic heterocycles. The first-order valence-electron chi connectivity index (χ1n) is 8.20. The first kappa shape index (κ1) is 15.5. The minimum absolute atomic E-state index is 0.104. The van der Waals surface area contributed by atoms with Gasteiger partial charge in [-0.3, -0.25) is 4.79 Å². The number of nitrogens with one attached hydrogen (secondary N) is 1. The van der Waals surface area contributed by atoms with E-state index >= 15 is 0 Å². The average Bonchev–Trinajstić information content (AvgIpc) is 3.21. The van der Waals surface area contributed by atoms with Gasteiger partial charge in [0.25, 0.3) is 0 Å². The number of benzene rings is 2. The Labute approximate surface area is 144 Å². The molecule has 0 unspecified atom stereocenters. The molecule has 0 saturated heterocycles. The van der Waals surface area contributed by atoms with Crippen LogP contribution in [-0.4, -0.2) is 20.8 Å². The van der Waals surface area contributed by atoms with Crippen LogP contribution in [-0.2, 0) is 6.42 Å². The van der Waals surface area contributed by atoms with Crippen molar-refractivity contribution in [1.29, 1.82) is 0 Å². The van der Waals surface area contributed by atoms with Gasteiger partial charge >= 0.3 is 0 Å². The van der Waals surface area contributed by atoms with Crippen molar-refractivity contribution in [3.8, 4) is 5.69 Å². The number of anilines is 1. The molecule has 0 bridgehead atoms. The van der Waals surface area contributed by atoms with E-state index < -0.39 is 0 Å². The molecule has 5 nitrogen and oxygen atoms in total. The highest BCUT2D eigenvalue weighted by Crippen LogP contribution is 2.33. The summed E-state index contributed by atoms with van der Waals surface area (Å²) in [6.45, 7) is 1.47. The highest BCUT2D eigenvalue weighted by atomic mass is 19.1. The van der Waals surface area contributed by atoms with Crippen LogP contribution < -0.4 is 5.32 Å². The van der Waals surface area contributed by atoms with Crippen LogP contribution in [0.1, 0.15) is 41.0 Å². The first-order valence-corrected chi connectivity index (χ1v) is 8.20. The lowest BCUT2D eigenvalue weighted by molar-refractivity contribution is 0.101. The Bertz CT molecular complexity index is 933. The van der Waals surface area contributed by atoms with Crippen LogP contribution in [0.4, 0.5) is 10.2 Å². The van der Waals surface area contributed by atoms with E-state index in [2.05, 4.69) is 27.6 Å². The third kappa shape index (κ3) is 2.91. The molecule has 0 amide bonds. The van der Waals surface area contributed by atoms with E-state index in [1.807, 2.05) is 12.1 Å². The number of hydrogen-bond donors (Lipinski definition) is 1. The lowest BCUT2D eigenvalue weighted by Crippen LogP contribution is -2.10. The summed E-state index contributed by atoms with van der Waals surface area (Å²) in [7, 11) is 0. The lowest BCUT2D eigenvalue weighted by atomic mass is 10.1. The van der Waals surface area contributed by atoms with E-state index in [-0.39, 0.29) is 23.3 Å². The molecule has 6 heteroatoms. The molecule has 0 radical (unpaired) electrons. The number of ketones is 1. The Hall–Kier alpha value is -3.02. The maximum Gasteiger partial charge on any atom is 0.183 e. The maximum absolute atomic E-state index is 13.1. The molecule has 2 aromatic carbocycles. The summed E-state index contributed by atoms with van der Waals surface area (Å²) in [6.07, 6.45) is 1.94. The van der Waals surface area contributed by atoms with Gasteiger partial charge in [0, 0.05) is 6.92 Å². The number of carbonyl (C=O) groups is 1. The molecule has 0 saturated carbocycles. The van der Waals surface area contributed by atoms with Gasteiger partial charge < -0.3 is 5.32 Å². The minimum atomic E-state index is -0.330. The smallest absolute Gasteiger partial charge is 0.183 e. The fourth-order valence-electron chi connectivity index (χ4n) is 3.20. The van der Waals surface area contributed by atoms with E-state index in [9.17, 15) is 9.18 Å². The van der Waals surface area contributed by atoms with E-state index in [1.165, 1.54) is 35.0 Å². The number of hydrogen-bond acceptors (Lipinski definition) is 4. The Kier molecular flexibility index (Phi) is 3.80. The van der Waals surface area contributed by atoms with Gasteiger partial charge in [-0.05, 0) is 48.2 Å². The summed E-state index contributed by atoms with van der Waals surface area (Å²) in [5.74, 6) is -0.0377. The van der Waals surface area contributed by atoms with Crippen molar-refractivity contribution in [1.82, 2.24) is 15.0 Å². The number of halogens is 1. The van der Waals surface area contributed by atoms with Gasteiger partial charge in [-0.25, -0.2) is 4.39 Å². The van der Waals surface area contributed by atoms with Crippen LogP contribution in [0.5, 0.6) is 0 Å². The molecule has 3 aromatic rings. The number of Topliss-reactive ketones (excluding diaryl/α,β-unsaturated/α-hetero) is 1. The van der Waals surface area contributed by atoms with Gasteiger partial charge in [-0.15, -0.1) is 15.0 Å². The third-order valence-electron chi connectivity index (χ3n) is 4.45. The molecule has 1 N–H and O–H groups in total. The first-order chi connectivity index (χ1) is 12.1. The topological polar surface area (TPSA) is 59.8 Å². The van der Waals surface area contributed by atoms with Crippen molar-refractivity contribution in [3.05, 3.63) is 71.2 Å². The summed E-state index contributed by atoms with van der Waals surface area (Å²) < 4.78 is 13.1. The van der Waals surface area contributed by atoms with Gasteiger partial charge in [0.05, 0.1) is 11.7 Å². The van der Waals surface area contributed by atoms with Gasteiger partial charge in [0.1, 0.15) is 5.82 Å². The number of aromatic nitrogens is 3. The van der Waals surface area contributed by atoms with Crippen LogP contribution in [0.15, 0.2) is 48.5 Å². The maximum atomic E-state index is 13.1. The van der Waals surface area contributed by atoms with Gasteiger partial charge in [0.15, 0.2) is 17.3 Å². The van der Waals surface area contributed by atoms with E-state index in [1.54, 1.807) is 12.1 Å². The van der Waals surface area contributed by atoms with Crippen LogP contribution in [0.3, 0.4) is 0 Å². The van der Waals surface area contributed by atoms with Crippen LogP contribution in [0.25, 0.3) is 5.69 Å². The quantitative estimate of drug-likeness (QED) is 0.738. The summed E-state index contributed by atoms with van der Waals surface area (Å²) in [5, 5.41) is 12.1. The van der Waals surface area contributed by atoms with Crippen molar-refractivity contribution in [2.75, 3.05) is 5.32 Å². The summed E-state index contributed by atoms with van der Waals surface area (Å²) >= 11 is 0. The fraction of sp³-hybridized carbons (Fsp3) is 0.211. The molecule has 1 aliphatic rings. The molecule has 1 heterocycles. The van der Waals surface area contributed by atoms with Gasteiger partial charge in [-0.2, -0.15) is 0 Å². The van der Waals surface area contributed by atoms with E-state index in [0.29, 0.717) is 11.5 Å². The zero-order valence-electron chi connectivity index (χ0n) is 13.7. The number of carbonyl (C=O) groups excluding carboxylic acids is 1. The predicted molar refractivity (Wildman–Crippen MR) is 92.4 cm³/mol. The Morgan fingerprint density at radius 1 is 1.16 bits per heavy atom. The Morgan fingerprint density at radius 2 is 1.92 bits per heavy atom. The second kappa shape index (κ2) is 6.12. The Balaban J connectivity index is 1.67. The number of aryl methyl sites for hydroxylation is 1. The third-order valence-corrected chi connectivity index (χ3v) is 4.45. The molecule has 0 spiro atoms. The second-order valence-corrected chi connectivity index (χ2v) is 6.15. The molecule has 0 fully saturated rings. The van der Waals surface area contributed by atoms with Crippen molar-refractivity contribution in [2.45, 2.75) is 25.8 Å². The molecule has 25 heavy (non-hydrogen) atoms. The second-order valence-electron chi connectivity index (χ2n) is 6.15. The largest absolute Gasteiger partial charge is 0.360 e. The standard InChI is InChI=1S/C19H17FN4O/c1-12(25)18-19(21-17-11-6-13-4-2-3-5-16(13)17)23-24(22-18)15-9-7-14(20)8-10-15/h2-5,7-10,17H,6,11H2,1H3,(H,21,23)/t17-/m1/s1. The van der Waals surface area contributed by atoms with E-state index in [4.69, 9.17) is 0 Å². The number of nitrogens with zero attached hydrogens (tertiary/aromatic N) is 3. The monoisotopic (exact) mass is 336 g/mol. The fourth-order valence-corrected chi connectivity index (χ4v) is 3.20. The van der Waals surface area contributed by atoms with Crippen molar-refractivity contribution in [2.24, 2.45) is 0 Å². The molecule has 1 atom stereocenters. The summed E-state index contributed by atoms with van der Waals surface area (Å²) in [5.41, 5.74) is 3.43. The average molecular weight is 336 g/mol. The molecular formula is C19H17FN4O. The van der Waals surface area contributed by atoms with Crippen LogP contribution in [0, 0.1) is 5.82 Å². The van der Waals surface area contributed by atoms with Crippen molar-refractivity contribution in [3.63, 3.8) is 0 Å². The number of fused-ring (bicyclic) bond motifs is 1. The molecular weight excluding hydrogens is 319 g/mol. The summed E-state index contributed by atoms with van der Waals surface area (Å²) in [4.78, 5) is 13.3. The van der Waals surface area contributed by atoms with E-state index in [0.717, 1.165) is 12.8 Å². The zero-order chi connectivity index (χ0) is 17.4.